The SMILES string of the molecule is CN1CC2Cc3ccccc3C(C1)N2. The lowest BCUT2D eigenvalue weighted by atomic mass is 9.87. The molecule has 1 fully saturated rings. The van der Waals surface area contributed by atoms with Crippen molar-refractivity contribution in [2.75, 3.05) is 20.1 Å². The maximum absolute atomic E-state index is 3.70. The monoisotopic (exact) mass is 188 g/mol. The first kappa shape index (κ1) is 8.45. The molecule has 2 unspecified atom stereocenters. The summed E-state index contributed by atoms with van der Waals surface area (Å²) in [6.45, 7) is 2.33. The van der Waals surface area contributed by atoms with Gasteiger partial charge in [0.05, 0.1) is 0 Å². The van der Waals surface area contributed by atoms with Gasteiger partial charge in [-0.15, -0.1) is 0 Å². The van der Waals surface area contributed by atoms with Crippen LogP contribution in [-0.2, 0) is 6.42 Å². The van der Waals surface area contributed by atoms with Crippen molar-refractivity contribution in [2.24, 2.45) is 0 Å². The number of hydrogen-bond donors (Lipinski definition) is 1. The van der Waals surface area contributed by atoms with Crippen LogP contribution in [0.15, 0.2) is 24.3 Å². The first-order valence-electron chi connectivity index (χ1n) is 5.35. The Balaban J connectivity index is 2.01. The highest BCUT2D eigenvalue weighted by Crippen LogP contribution is 2.28. The highest BCUT2D eigenvalue weighted by Gasteiger charge is 2.31. The molecule has 2 bridgehead atoms. The first-order valence-corrected chi connectivity index (χ1v) is 5.35. The largest absolute Gasteiger partial charge is 0.304 e. The van der Waals surface area contributed by atoms with Crippen molar-refractivity contribution < 1.29 is 0 Å². The van der Waals surface area contributed by atoms with Crippen molar-refractivity contribution in [1.29, 1.82) is 0 Å². The highest BCUT2D eigenvalue weighted by atomic mass is 15.2. The van der Waals surface area contributed by atoms with Crippen LogP contribution in [0.25, 0.3) is 0 Å². The number of benzene rings is 1. The van der Waals surface area contributed by atoms with Gasteiger partial charge in [-0.3, -0.25) is 0 Å². The molecule has 2 heterocycles. The fourth-order valence-electron chi connectivity index (χ4n) is 2.79. The molecule has 14 heavy (non-hydrogen) atoms. The van der Waals surface area contributed by atoms with Crippen LogP contribution in [0, 0.1) is 0 Å². The van der Waals surface area contributed by atoms with E-state index in [1.165, 1.54) is 18.5 Å². The zero-order valence-electron chi connectivity index (χ0n) is 8.53. The van der Waals surface area contributed by atoms with Gasteiger partial charge in [-0.1, -0.05) is 24.3 Å². The topological polar surface area (TPSA) is 15.3 Å². The molecule has 1 aromatic carbocycles. The number of nitrogens with zero attached hydrogens (tertiary/aromatic N) is 1. The molecule has 2 nitrogen and oxygen atoms in total. The van der Waals surface area contributed by atoms with Crippen LogP contribution in [0.5, 0.6) is 0 Å². The molecule has 1 saturated heterocycles. The van der Waals surface area contributed by atoms with Crippen molar-refractivity contribution in [2.45, 2.75) is 18.5 Å². The van der Waals surface area contributed by atoms with Crippen LogP contribution in [0.1, 0.15) is 17.2 Å². The summed E-state index contributed by atoms with van der Waals surface area (Å²) in [7, 11) is 2.22. The summed E-state index contributed by atoms with van der Waals surface area (Å²) in [5, 5.41) is 3.70. The molecule has 0 amide bonds. The second-order valence-corrected chi connectivity index (χ2v) is 4.54. The van der Waals surface area contributed by atoms with Crippen LogP contribution in [0.4, 0.5) is 0 Å². The summed E-state index contributed by atoms with van der Waals surface area (Å²) in [5.41, 5.74) is 3.06. The molecule has 0 aromatic heterocycles. The van der Waals surface area contributed by atoms with Crippen LogP contribution in [-0.4, -0.2) is 31.1 Å². The third-order valence-corrected chi connectivity index (χ3v) is 3.36. The predicted molar refractivity (Wildman–Crippen MR) is 57.3 cm³/mol. The van der Waals surface area contributed by atoms with E-state index in [0.717, 1.165) is 6.54 Å². The minimum Gasteiger partial charge on any atom is -0.304 e. The minimum absolute atomic E-state index is 0.559. The third kappa shape index (κ3) is 1.26. The van der Waals surface area contributed by atoms with Crippen LogP contribution in [0.3, 0.4) is 0 Å². The van der Waals surface area contributed by atoms with Crippen LogP contribution < -0.4 is 5.32 Å². The minimum atomic E-state index is 0.559. The molecule has 0 radical (unpaired) electrons. The zero-order valence-corrected chi connectivity index (χ0v) is 8.53. The van der Waals surface area contributed by atoms with Gasteiger partial charge in [-0.2, -0.15) is 0 Å². The van der Waals surface area contributed by atoms with E-state index in [1.54, 1.807) is 5.56 Å². The number of piperazine rings is 1. The smallest absolute Gasteiger partial charge is 0.0454 e. The molecule has 2 atom stereocenters. The fourth-order valence-corrected chi connectivity index (χ4v) is 2.79. The number of hydrogen-bond acceptors (Lipinski definition) is 2. The van der Waals surface area contributed by atoms with E-state index in [2.05, 4.69) is 41.5 Å². The van der Waals surface area contributed by atoms with E-state index in [0.29, 0.717) is 12.1 Å². The average Bonchev–Trinajstić information content (AvgIpc) is 2.17. The van der Waals surface area contributed by atoms with Crippen molar-refractivity contribution in [3.8, 4) is 0 Å². The molecule has 2 aliphatic rings. The Morgan fingerprint density at radius 2 is 2.14 bits per heavy atom. The van der Waals surface area contributed by atoms with Gasteiger partial charge >= 0.3 is 0 Å². The highest BCUT2D eigenvalue weighted by molar-refractivity contribution is 5.34. The molecular formula is C12H16N2. The molecule has 1 aromatic rings. The van der Waals surface area contributed by atoms with E-state index in [9.17, 15) is 0 Å². The third-order valence-electron chi connectivity index (χ3n) is 3.36. The standard InChI is InChI=1S/C12H16N2/c1-14-7-10-6-9-4-2-3-5-11(9)12(8-14)13-10/h2-5,10,12-13H,6-8H2,1H3. The van der Waals surface area contributed by atoms with Crippen molar-refractivity contribution in [1.82, 2.24) is 10.2 Å². The van der Waals surface area contributed by atoms with E-state index < -0.39 is 0 Å². The second kappa shape index (κ2) is 3.07. The van der Waals surface area contributed by atoms with Gasteiger partial charge in [-0.25, -0.2) is 0 Å². The summed E-state index contributed by atoms with van der Waals surface area (Å²) in [6, 6.07) is 10.1. The van der Waals surface area contributed by atoms with E-state index >= 15 is 0 Å². The molecule has 74 valence electrons. The Hall–Kier alpha value is -0.860. The Morgan fingerprint density at radius 3 is 3.07 bits per heavy atom. The number of fused-ring (bicyclic) bond motifs is 4. The summed E-state index contributed by atoms with van der Waals surface area (Å²) in [4.78, 5) is 2.43. The Morgan fingerprint density at radius 1 is 1.29 bits per heavy atom. The lowest BCUT2D eigenvalue weighted by Gasteiger charge is -2.42. The molecule has 3 rings (SSSR count). The summed E-state index contributed by atoms with van der Waals surface area (Å²) in [6.07, 6.45) is 1.19. The zero-order chi connectivity index (χ0) is 9.54. The van der Waals surface area contributed by atoms with Crippen LogP contribution >= 0.6 is 0 Å². The van der Waals surface area contributed by atoms with Gasteiger partial charge in [0, 0.05) is 25.2 Å². The molecule has 2 heteroatoms. The maximum atomic E-state index is 3.70. The van der Waals surface area contributed by atoms with Crippen molar-refractivity contribution >= 4 is 0 Å². The number of rotatable bonds is 0. The Bertz CT molecular complexity index is 348. The molecule has 2 aliphatic heterocycles. The fraction of sp³-hybridized carbons (Fsp3) is 0.500. The molecule has 1 N–H and O–H groups in total. The molecular weight excluding hydrogens is 172 g/mol. The number of nitrogens with one attached hydrogen (secondary N) is 1. The molecule has 0 aliphatic carbocycles. The van der Waals surface area contributed by atoms with Gasteiger partial charge in [0.1, 0.15) is 0 Å². The van der Waals surface area contributed by atoms with Crippen LogP contribution in [0.2, 0.25) is 0 Å². The first-order chi connectivity index (χ1) is 6.83. The van der Waals surface area contributed by atoms with Gasteiger partial charge in [0.2, 0.25) is 0 Å². The number of likely N-dealkylation sites (N-methyl/N-ethyl adjacent to an activating group) is 1. The summed E-state index contributed by atoms with van der Waals surface area (Å²) >= 11 is 0. The van der Waals surface area contributed by atoms with E-state index in [-0.39, 0.29) is 0 Å². The van der Waals surface area contributed by atoms with Gasteiger partial charge < -0.3 is 10.2 Å². The van der Waals surface area contributed by atoms with Gasteiger partial charge in [-0.05, 0) is 24.6 Å². The molecule has 0 saturated carbocycles. The lowest BCUT2D eigenvalue weighted by Crippen LogP contribution is -2.54. The van der Waals surface area contributed by atoms with Gasteiger partial charge in [0.15, 0.2) is 0 Å². The molecule has 0 spiro atoms. The lowest BCUT2D eigenvalue weighted by molar-refractivity contribution is 0.180. The second-order valence-electron chi connectivity index (χ2n) is 4.54. The quantitative estimate of drug-likeness (QED) is 0.658. The average molecular weight is 188 g/mol. The van der Waals surface area contributed by atoms with Crippen molar-refractivity contribution in [3.05, 3.63) is 35.4 Å². The maximum Gasteiger partial charge on any atom is 0.0454 e. The predicted octanol–water partition coefficient (Wildman–Crippen LogP) is 1.19. The van der Waals surface area contributed by atoms with E-state index in [1.807, 2.05) is 0 Å². The van der Waals surface area contributed by atoms with Crippen molar-refractivity contribution in [3.63, 3.8) is 0 Å². The summed E-state index contributed by atoms with van der Waals surface area (Å²) < 4.78 is 0. The van der Waals surface area contributed by atoms with E-state index in [4.69, 9.17) is 0 Å². The Labute approximate surface area is 84.9 Å². The normalized spacial score (nSPS) is 31.2. The Kier molecular flexibility index (Phi) is 1.85. The summed E-state index contributed by atoms with van der Waals surface area (Å²) in [5.74, 6) is 0. The van der Waals surface area contributed by atoms with Gasteiger partial charge in [0.25, 0.3) is 0 Å².